The van der Waals surface area contributed by atoms with Gasteiger partial charge >= 0.3 is 6.03 Å². The van der Waals surface area contributed by atoms with E-state index in [2.05, 4.69) is 10.4 Å². The van der Waals surface area contributed by atoms with Crippen LogP contribution in [-0.2, 0) is 4.79 Å². The molecule has 0 radical (unpaired) electrons. The van der Waals surface area contributed by atoms with E-state index in [4.69, 9.17) is 14.7 Å². The van der Waals surface area contributed by atoms with Gasteiger partial charge in [0.25, 0.3) is 5.91 Å². The molecule has 1 aromatic carbocycles. The van der Waals surface area contributed by atoms with Crippen molar-refractivity contribution in [2.24, 2.45) is 5.10 Å². The van der Waals surface area contributed by atoms with Gasteiger partial charge < -0.3 is 14.8 Å². The number of nitrogens with zero attached hydrogens (tertiary/aromatic N) is 3. The molecule has 8 heteroatoms. The Morgan fingerprint density at radius 1 is 1.31 bits per heavy atom. The first-order valence-electron chi connectivity index (χ1n) is 8.48. The number of ether oxygens (including phenoxy) is 2. The van der Waals surface area contributed by atoms with Gasteiger partial charge in [-0.25, -0.2) is 4.79 Å². The van der Waals surface area contributed by atoms with Crippen LogP contribution in [0, 0.1) is 11.3 Å². The average Bonchev–Trinajstić information content (AvgIpc) is 2.88. The molecule has 0 aromatic heterocycles. The quantitative estimate of drug-likeness (QED) is 0.643. The lowest BCUT2D eigenvalue weighted by atomic mass is 9.82. The summed E-state index contributed by atoms with van der Waals surface area (Å²) in [4.78, 5) is 24.8. The van der Waals surface area contributed by atoms with Crippen molar-refractivity contribution in [3.8, 4) is 17.6 Å². The van der Waals surface area contributed by atoms with Crippen LogP contribution in [-0.4, -0.2) is 42.4 Å². The van der Waals surface area contributed by atoms with Gasteiger partial charge in [0, 0.05) is 0 Å². The molecule has 0 bridgehead atoms. The van der Waals surface area contributed by atoms with E-state index in [-0.39, 0.29) is 12.5 Å². The maximum atomic E-state index is 12.7. The molecular weight excluding hydrogens is 336 g/mol. The zero-order chi connectivity index (χ0) is 18.6. The summed E-state index contributed by atoms with van der Waals surface area (Å²) >= 11 is 0. The van der Waals surface area contributed by atoms with E-state index >= 15 is 0 Å². The summed E-state index contributed by atoms with van der Waals surface area (Å²) in [6.07, 6.45) is 5.66. The van der Waals surface area contributed by atoms with E-state index in [0.29, 0.717) is 29.9 Å². The predicted octanol–water partition coefficient (Wildman–Crippen LogP) is 2.19. The van der Waals surface area contributed by atoms with E-state index in [1.54, 1.807) is 18.2 Å². The number of hydrogen-bond acceptors (Lipinski definition) is 6. The fourth-order valence-corrected chi connectivity index (χ4v) is 3.32. The second-order valence-corrected chi connectivity index (χ2v) is 6.29. The molecule has 1 saturated heterocycles. The Hall–Kier alpha value is -3.08. The molecule has 0 atom stereocenters. The molecule has 2 aliphatic rings. The number of nitrogens with one attached hydrogen (secondary N) is 1. The van der Waals surface area contributed by atoms with E-state index in [1.165, 1.54) is 13.3 Å². The van der Waals surface area contributed by atoms with Crippen LogP contribution in [0.1, 0.15) is 37.7 Å². The third-order valence-corrected chi connectivity index (χ3v) is 4.65. The largest absolute Gasteiger partial charge is 0.493 e. The molecule has 1 aliphatic carbocycles. The van der Waals surface area contributed by atoms with Crippen molar-refractivity contribution in [2.45, 2.75) is 37.6 Å². The predicted molar refractivity (Wildman–Crippen MR) is 92.9 cm³/mol. The minimum absolute atomic E-state index is 0.0890. The Labute approximate surface area is 151 Å². The number of rotatable bonds is 5. The molecule has 1 heterocycles. The molecule has 26 heavy (non-hydrogen) atoms. The highest BCUT2D eigenvalue weighted by Crippen LogP contribution is 2.34. The van der Waals surface area contributed by atoms with E-state index in [1.807, 2.05) is 6.07 Å². The normalized spacial score (nSPS) is 18.8. The summed E-state index contributed by atoms with van der Waals surface area (Å²) in [5, 5.41) is 16.4. The topological polar surface area (TPSA) is 104 Å². The molecule has 3 amide bonds. The first kappa shape index (κ1) is 17.7. The number of hydrogen-bond donors (Lipinski definition) is 1. The maximum absolute atomic E-state index is 12.7. The average molecular weight is 356 g/mol. The number of methoxy groups -OCH3 is 1. The van der Waals surface area contributed by atoms with Crippen LogP contribution in [0.4, 0.5) is 4.79 Å². The second kappa shape index (κ2) is 7.44. The summed E-state index contributed by atoms with van der Waals surface area (Å²) in [6, 6.07) is 6.40. The van der Waals surface area contributed by atoms with Crippen LogP contribution in [0.25, 0.3) is 0 Å². The van der Waals surface area contributed by atoms with Gasteiger partial charge in [0.15, 0.2) is 18.1 Å². The molecular formula is C18H20N4O4. The van der Waals surface area contributed by atoms with Gasteiger partial charge in [-0.05, 0) is 36.6 Å². The summed E-state index contributed by atoms with van der Waals surface area (Å²) < 4.78 is 10.5. The lowest BCUT2D eigenvalue weighted by molar-refractivity contribution is -0.132. The molecule has 3 rings (SSSR count). The molecule has 1 spiro atoms. The van der Waals surface area contributed by atoms with E-state index in [0.717, 1.165) is 24.3 Å². The number of carbonyl (C=O) groups excluding carboxylic acids is 2. The third kappa shape index (κ3) is 3.33. The maximum Gasteiger partial charge on any atom is 0.346 e. The first-order chi connectivity index (χ1) is 12.6. The highest BCUT2D eigenvalue weighted by atomic mass is 16.5. The number of carbonyl (C=O) groups is 2. The Morgan fingerprint density at radius 3 is 2.77 bits per heavy atom. The summed E-state index contributed by atoms with van der Waals surface area (Å²) in [6.45, 7) is -0.0890. The molecule has 2 fully saturated rings. The van der Waals surface area contributed by atoms with Gasteiger partial charge in [0.1, 0.15) is 11.6 Å². The van der Waals surface area contributed by atoms with Gasteiger partial charge in [-0.15, -0.1) is 5.01 Å². The highest BCUT2D eigenvalue weighted by molar-refractivity contribution is 6.07. The Balaban J connectivity index is 1.76. The van der Waals surface area contributed by atoms with Gasteiger partial charge in [-0.3, -0.25) is 4.79 Å². The SMILES string of the molecule is COc1cc(/C=N\N2C(=O)NC3(CCCCC3)C2=O)ccc1OCC#N. The molecule has 8 nitrogen and oxygen atoms in total. The van der Waals surface area contributed by atoms with Crippen molar-refractivity contribution in [3.63, 3.8) is 0 Å². The summed E-state index contributed by atoms with van der Waals surface area (Å²) in [7, 11) is 1.49. The fraction of sp³-hybridized carbons (Fsp3) is 0.444. The standard InChI is InChI=1S/C18H20N4O4/c1-25-15-11-13(5-6-14(15)26-10-9-19)12-20-22-16(23)18(21-17(22)24)7-3-2-4-8-18/h5-6,11-12H,2-4,7-8,10H2,1H3,(H,21,24)/b20-12-. The van der Waals surface area contributed by atoms with Gasteiger partial charge in [0.2, 0.25) is 0 Å². The minimum atomic E-state index is -0.792. The Kier molecular flexibility index (Phi) is 5.07. The minimum Gasteiger partial charge on any atom is -0.493 e. The van der Waals surface area contributed by atoms with Crippen LogP contribution in [0.5, 0.6) is 11.5 Å². The first-order valence-corrected chi connectivity index (χ1v) is 8.48. The zero-order valence-corrected chi connectivity index (χ0v) is 14.5. The molecule has 1 N–H and O–H groups in total. The fourth-order valence-electron chi connectivity index (χ4n) is 3.32. The third-order valence-electron chi connectivity index (χ3n) is 4.65. The zero-order valence-electron chi connectivity index (χ0n) is 14.5. The highest BCUT2D eigenvalue weighted by Gasteiger charge is 2.51. The molecule has 1 saturated carbocycles. The van der Waals surface area contributed by atoms with Crippen molar-refractivity contribution in [1.82, 2.24) is 10.3 Å². The lowest BCUT2D eigenvalue weighted by Gasteiger charge is -2.29. The van der Waals surface area contributed by atoms with Crippen LogP contribution in [0.15, 0.2) is 23.3 Å². The Bertz CT molecular complexity index is 778. The summed E-state index contributed by atoms with van der Waals surface area (Å²) in [5.74, 6) is 0.576. The molecule has 1 aromatic rings. The number of hydrazone groups is 1. The molecule has 0 unspecified atom stereocenters. The van der Waals surface area contributed by atoms with Crippen LogP contribution < -0.4 is 14.8 Å². The number of amides is 3. The van der Waals surface area contributed by atoms with Gasteiger partial charge in [0.05, 0.1) is 13.3 Å². The molecule has 136 valence electrons. The van der Waals surface area contributed by atoms with Crippen LogP contribution in [0.3, 0.4) is 0 Å². The number of urea groups is 1. The van der Waals surface area contributed by atoms with Crippen LogP contribution in [0.2, 0.25) is 0 Å². The van der Waals surface area contributed by atoms with Crippen molar-refractivity contribution < 1.29 is 19.1 Å². The van der Waals surface area contributed by atoms with Crippen LogP contribution >= 0.6 is 0 Å². The van der Waals surface area contributed by atoms with E-state index in [9.17, 15) is 9.59 Å². The molecule has 1 aliphatic heterocycles. The van der Waals surface area contributed by atoms with Crippen molar-refractivity contribution >= 4 is 18.2 Å². The summed E-state index contributed by atoms with van der Waals surface area (Å²) in [5.41, 5.74) is -0.157. The van der Waals surface area contributed by atoms with Gasteiger partial charge in [-0.1, -0.05) is 19.3 Å². The smallest absolute Gasteiger partial charge is 0.346 e. The van der Waals surface area contributed by atoms with Crippen molar-refractivity contribution in [1.29, 1.82) is 5.26 Å². The lowest BCUT2D eigenvalue weighted by Crippen LogP contribution is -2.48. The monoisotopic (exact) mass is 356 g/mol. The van der Waals surface area contributed by atoms with Gasteiger partial charge in [-0.2, -0.15) is 10.4 Å². The van der Waals surface area contributed by atoms with Crippen molar-refractivity contribution in [3.05, 3.63) is 23.8 Å². The number of imide groups is 1. The number of benzene rings is 1. The number of nitriles is 1. The van der Waals surface area contributed by atoms with E-state index < -0.39 is 11.6 Å². The van der Waals surface area contributed by atoms with Crippen molar-refractivity contribution in [2.75, 3.05) is 13.7 Å². The Morgan fingerprint density at radius 2 is 2.08 bits per heavy atom. The second-order valence-electron chi connectivity index (χ2n) is 6.29.